The first-order valence-corrected chi connectivity index (χ1v) is 7.69. The molecule has 1 unspecified atom stereocenters. The molecule has 0 saturated carbocycles. The molecule has 106 valence electrons. The van der Waals surface area contributed by atoms with Crippen molar-refractivity contribution in [3.63, 3.8) is 0 Å². The molecule has 0 saturated heterocycles. The van der Waals surface area contributed by atoms with Crippen LogP contribution < -0.4 is 5.73 Å². The van der Waals surface area contributed by atoms with Gasteiger partial charge in [-0.3, -0.25) is 5.41 Å². The summed E-state index contributed by atoms with van der Waals surface area (Å²) in [6, 6.07) is 17.9. The van der Waals surface area contributed by atoms with E-state index in [2.05, 4.69) is 9.97 Å². The second kappa shape index (κ2) is 6.01. The second-order valence-corrected chi connectivity index (χ2v) is 5.80. The molecule has 1 aromatic heterocycles. The molecule has 0 spiro atoms. The van der Waals surface area contributed by atoms with Crippen molar-refractivity contribution in [3.8, 4) is 0 Å². The largest absolute Gasteiger partial charge is 0.387 e. The van der Waals surface area contributed by atoms with Gasteiger partial charge in [0, 0.05) is 5.75 Å². The van der Waals surface area contributed by atoms with Gasteiger partial charge in [0.2, 0.25) is 0 Å². The van der Waals surface area contributed by atoms with Crippen LogP contribution in [0.3, 0.4) is 0 Å². The quantitative estimate of drug-likeness (QED) is 0.384. The van der Waals surface area contributed by atoms with Crippen molar-refractivity contribution >= 4 is 28.6 Å². The average Bonchev–Trinajstić information content (AvgIpc) is 2.91. The Labute approximate surface area is 127 Å². The van der Waals surface area contributed by atoms with E-state index in [1.165, 1.54) is 0 Å². The smallest absolute Gasteiger partial charge is 0.166 e. The van der Waals surface area contributed by atoms with E-state index in [1.807, 2.05) is 54.6 Å². The summed E-state index contributed by atoms with van der Waals surface area (Å²) in [6.45, 7) is 0. The van der Waals surface area contributed by atoms with Crippen LogP contribution in [0.2, 0.25) is 0 Å². The maximum Gasteiger partial charge on any atom is 0.166 e. The summed E-state index contributed by atoms with van der Waals surface area (Å²) >= 11 is 1.59. The number of fused-ring (bicyclic) bond motifs is 1. The fourth-order valence-electron chi connectivity index (χ4n) is 2.21. The van der Waals surface area contributed by atoms with Crippen LogP contribution in [-0.2, 0) is 0 Å². The van der Waals surface area contributed by atoms with Gasteiger partial charge in [-0.1, -0.05) is 54.2 Å². The van der Waals surface area contributed by atoms with Gasteiger partial charge in [0.15, 0.2) is 5.16 Å². The maximum atomic E-state index is 7.80. The molecule has 0 aliphatic carbocycles. The molecule has 0 aliphatic rings. The van der Waals surface area contributed by atoms with E-state index in [0.717, 1.165) is 21.8 Å². The Morgan fingerprint density at radius 2 is 1.86 bits per heavy atom. The molecule has 0 aliphatic heterocycles. The zero-order valence-electron chi connectivity index (χ0n) is 11.4. The van der Waals surface area contributed by atoms with E-state index in [0.29, 0.717) is 5.75 Å². The third kappa shape index (κ3) is 3.08. The fraction of sp³-hybridized carbons (Fsp3) is 0.125. The molecular formula is C16H16N4S. The molecule has 0 fully saturated rings. The molecule has 1 atom stereocenters. The molecule has 2 aromatic carbocycles. The predicted molar refractivity (Wildman–Crippen MR) is 87.9 cm³/mol. The van der Waals surface area contributed by atoms with Crippen molar-refractivity contribution in [1.29, 1.82) is 5.41 Å². The Morgan fingerprint density at radius 3 is 2.57 bits per heavy atom. The highest BCUT2D eigenvalue weighted by atomic mass is 32.2. The van der Waals surface area contributed by atoms with Gasteiger partial charge in [-0.05, 0) is 17.7 Å². The van der Waals surface area contributed by atoms with Crippen LogP contribution >= 0.6 is 11.8 Å². The molecule has 3 aromatic rings. The minimum absolute atomic E-state index is 0.0931. The van der Waals surface area contributed by atoms with Crippen molar-refractivity contribution in [2.75, 3.05) is 5.75 Å². The summed E-state index contributed by atoms with van der Waals surface area (Å²) < 4.78 is 0. The third-order valence-corrected chi connectivity index (χ3v) is 4.30. The number of amidine groups is 1. The topological polar surface area (TPSA) is 78.6 Å². The number of aromatic amines is 1. The van der Waals surface area contributed by atoms with Gasteiger partial charge in [0.05, 0.1) is 22.8 Å². The van der Waals surface area contributed by atoms with Crippen LogP contribution in [0, 0.1) is 5.41 Å². The zero-order chi connectivity index (χ0) is 14.7. The lowest BCUT2D eigenvalue weighted by atomic mass is 10.0. The van der Waals surface area contributed by atoms with Crippen molar-refractivity contribution in [3.05, 3.63) is 60.2 Å². The molecule has 0 radical (unpaired) electrons. The number of imidazole rings is 1. The lowest BCUT2D eigenvalue weighted by molar-refractivity contribution is 0.993. The van der Waals surface area contributed by atoms with Crippen molar-refractivity contribution in [2.45, 2.75) is 11.1 Å². The highest BCUT2D eigenvalue weighted by molar-refractivity contribution is 7.99. The van der Waals surface area contributed by atoms with Crippen LogP contribution in [0.25, 0.3) is 11.0 Å². The Hall–Kier alpha value is -2.27. The Kier molecular flexibility index (Phi) is 3.92. The first-order valence-electron chi connectivity index (χ1n) is 6.70. The number of nitrogens with one attached hydrogen (secondary N) is 2. The van der Waals surface area contributed by atoms with Gasteiger partial charge in [0.1, 0.15) is 0 Å². The van der Waals surface area contributed by atoms with Crippen LogP contribution in [0.15, 0.2) is 59.8 Å². The Morgan fingerprint density at radius 1 is 1.14 bits per heavy atom. The minimum Gasteiger partial charge on any atom is -0.387 e. The minimum atomic E-state index is -0.0931. The number of aromatic nitrogens is 2. The SMILES string of the molecule is N=C(N)C(CSc1nc2ccccc2[nH]1)c1ccccc1. The number of benzene rings is 2. The van der Waals surface area contributed by atoms with Gasteiger partial charge in [0.25, 0.3) is 0 Å². The molecule has 0 bridgehead atoms. The molecule has 1 heterocycles. The van der Waals surface area contributed by atoms with E-state index in [1.54, 1.807) is 11.8 Å². The van der Waals surface area contributed by atoms with E-state index in [-0.39, 0.29) is 11.8 Å². The number of nitrogens with zero attached hydrogens (tertiary/aromatic N) is 1. The van der Waals surface area contributed by atoms with E-state index < -0.39 is 0 Å². The van der Waals surface area contributed by atoms with Crippen molar-refractivity contribution in [1.82, 2.24) is 9.97 Å². The number of nitrogens with two attached hydrogens (primary N) is 1. The maximum absolute atomic E-state index is 7.80. The summed E-state index contributed by atoms with van der Waals surface area (Å²) in [5.41, 5.74) is 8.80. The zero-order valence-corrected chi connectivity index (χ0v) is 12.2. The summed E-state index contributed by atoms with van der Waals surface area (Å²) in [4.78, 5) is 7.82. The first kappa shape index (κ1) is 13.7. The molecule has 21 heavy (non-hydrogen) atoms. The monoisotopic (exact) mass is 296 g/mol. The molecule has 3 rings (SSSR count). The van der Waals surface area contributed by atoms with Crippen LogP contribution in [-0.4, -0.2) is 21.6 Å². The van der Waals surface area contributed by atoms with Crippen LogP contribution in [0.5, 0.6) is 0 Å². The van der Waals surface area contributed by atoms with E-state index >= 15 is 0 Å². The molecule has 4 nitrogen and oxygen atoms in total. The Balaban J connectivity index is 1.76. The number of H-pyrrole nitrogens is 1. The van der Waals surface area contributed by atoms with Crippen molar-refractivity contribution in [2.24, 2.45) is 5.73 Å². The standard InChI is InChI=1S/C16H16N4S/c17-15(18)12(11-6-2-1-3-7-11)10-21-16-19-13-8-4-5-9-14(13)20-16/h1-9,12H,10H2,(H3,17,18)(H,19,20). The lowest BCUT2D eigenvalue weighted by Gasteiger charge is -2.14. The lowest BCUT2D eigenvalue weighted by Crippen LogP contribution is -2.22. The normalized spacial score (nSPS) is 12.4. The fourth-order valence-corrected chi connectivity index (χ4v) is 3.25. The van der Waals surface area contributed by atoms with Gasteiger partial charge >= 0.3 is 0 Å². The molecule has 0 amide bonds. The highest BCUT2D eigenvalue weighted by Gasteiger charge is 2.16. The summed E-state index contributed by atoms with van der Waals surface area (Å²) in [6.07, 6.45) is 0. The summed E-state index contributed by atoms with van der Waals surface area (Å²) in [5, 5.41) is 8.66. The van der Waals surface area contributed by atoms with Gasteiger partial charge in [-0.15, -0.1) is 0 Å². The Bertz CT molecular complexity index is 718. The second-order valence-electron chi connectivity index (χ2n) is 4.79. The molecular weight excluding hydrogens is 280 g/mol. The number of para-hydroxylation sites is 2. The number of hydrogen-bond acceptors (Lipinski definition) is 3. The average molecular weight is 296 g/mol. The summed E-state index contributed by atoms with van der Waals surface area (Å²) in [7, 11) is 0. The number of thioether (sulfide) groups is 1. The van der Waals surface area contributed by atoms with Crippen LogP contribution in [0.1, 0.15) is 11.5 Å². The highest BCUT2D eigenvalue weighted by Crippen LogP contribution is 2.26. The van der Waals surface area contributed by atoms with E-state index in [9.17, 15) is 0 Å². The number of hydrogen-bond donors (Lipinski definition) is 3. The predicted octanol–water partition coefficient (Wildman–Crippen LogP) is 3.37. The number of rotatable bonds is 5. The third-order valence-electron chi connectivity index (χ3n) is 3.33. The molecule has 5 heteroatoms. The van der Waals surface area contributed by atoms with Gasteiger partial charge < -0.3 is 10.7 Å². The first-order chi connectivity index (χ1) is 10.2. The summed E-state index contributed by atoms with van der Waals surface area (Å²) in [5.74, 6) is 0.785. The molecule has 4 N–H and O–H groups in total. The van der Waals surface area contributed by atoms with Crippen LogP contribution in [0.4, 0.5) is 0 Å². The van der Waals surface area contributed by atoms with E-state index in [4.69, 9.17) is 11.1 Å². The van der Waals surface area contributed by atoms with Crippen molar-refractivity contribution < 1.29 is 0 Å². The van der Waals surface area contributed by atoms with Gasteiger partial charge in [-0.2, -0.15) is 0 Å². The van der Waals surface area contributed by atoms with Gasteiger partial charge in [-0.25, -0.2) is 4.98 Å².